The number of likely N-dealkylation sites (tertiary alicyclic amines) is 1. The van der Waals surface area contributed by atoms with Crippen molar-refractivity contribution < 1.29 is 27.8 Å². The molecule has 15 heteroatoms. The van der Waals surface area contributed by atoms with E-state index in [2.05, 4.69) is 42.5 Å². The van der Waals surface area contributed by atoms with E-state index in [-0.39, 0.29) is 45.8 Å². The van der Waals surface area contributed by atoms with Crippen LogP contribution in [0, 0.1) is 17.8 Å². The van der Waals surface area contributed by atoms with Crippen molar-refractivity contribution in [2.75, 3.05) is 30.3 Å². The van der Waals surface area contributed by atoms with Crippen molar-refractivity contribution in [3.8, 4) is 23.2 Å². The van der Waals surface area contributed by atoms with Crippen LogP contribution >= 0.6 is 0 Å². The van der Waals surface area contributed by atoms with Crippen LogP contribution in [0.5, 0.6) is 0 Å². The van der Waals surface area contributed by atoms with Crippen LogP contribution < -0.4 is 16.2 Å². The maximum Gasteiger partial charge on any atom is 0.410 e. The first-order chi connectivity index (χ1) is 20.7. The van der Waals surface area contributed by atoms with Gasteiger partial charge in [0.2, 0.25) is 0 Å². The summed E-state index contributed by atoms with van der Waals surface area (Å²) in [6, 6.07) is 0.871. The third-order valence-corrected chi connectivity index (χ3v) is 6.69. The fourth-order valence-corrected chi connectivity index (χ4v) is 4.40. The number of aryl methyl sites for hydroxylation is 1. The van der Waals surface area contributed by atoms with Gasteiger partial charge in [-0.15, -0.1) is 0 Å². The minimum absolute atomic E-state index is 0.0609. The van der Waals surface area contributed by atoms with Crippen molar-refractivity contribution >= 4 is 23.4 Å². The SMILES string of the molecule is Cn1[nH]cc(-c2nccc(Nc3cc(NC(CCO)C(F)(F)F)c(C#CC4CCN(C(=O)OC(C)(C)C)CC4)cn3)n2)c1=O. The summed E-state index contributed by atoms with van der Waals surface area (Å²) in [6.07, 6.45) is -0.175. The number of H-pyrrole nitrogens is 1. The first-order valence-electron chi connectivity index (χ1n) is 14.0. The van der Waals surface area contributed by atoms with Gasteiger partial charge in [-0.25, -0.2) is 19.7 Å². The Bertz CT molecular complexity index is 1580. The van der Waals surface area contributed by atoms with Gasteiger partial charge in [0.05, 0.1) is 11.3 Å². The number of pyridine rings is 1. The molecule has 0 aliphatic carbocycles. The zero-order valence-corrected chi connectivity index (χ0v) is 24.8. The summed E-state index contributed by atoms with van der Waals surface area (Å²) in [5.41, 5.74) is -0.396. The molecule has 1 aliphatic rings. The Labute approximate surface area is 252 Å². The number of alkyl halides is 3. The highest BCUT2D eigenvalue weighted by Gasteiger charge is 2.39. The predicted octanol–water partition coefficient (Wildman–Crippen LogP) is 4.03. The van der Waals surface area contributed by atoms with E-state index < -0.39 is 36.9 Å². The molecule has 1 amide bonds. The highest BCUT2D eigenvalue weighted by Crippen LogP contribution is 2.29. The topological polar surface area (TPSA) is 150 Å². The Morgan fingerprint density at radius 3 is 2.57 bits per heavy atom. The molecule has 1 atom stereocenters. The first kappa shape index (κ1) is 32.3. The molecule has 1 unspecified atom stereocenters. The Morgan fingerprint density at radius 2 is 1.95 bits per heavy atom. The molecule has 12 nitrogen and oxygen atoms in total. The number of anilines is 3. The lowest BCUT2D eigenvalue weighted by molar-refractivity contribution is -0.145. The molecule has 44 heavy (non-hydrogen) atoms. The number of hydrogen-bond acceptors (Lipinski definition) is 9. The summed E-state index contributed by atoms with van der Waals surface area (Å²) in [4.78, 5) is 39.1. The van der Waals surface area contributed by atoms with Crippen molar-refractivity contribution in [1.29, 1.82) is 0 Å². The summed E-state index contributed by atoms with van der Waals surface area (Å²) < 4.78 is 48.0. The van der Waals surface area contributed by atoms with Crippen LogP contribution in [-0.4, -0.2) is 78.3 Å². The van der Waals surface area contributed by atoms with Gasteiger partial charge in [-0.3, -0.25) is 9.48 Å². The van der Waals surface area contributed by atoms with Crippen molar-refractivity contribution in [3.05, 3.63) is 46.6 Å². The normalized spacial score (nSPS) is 14.9. The lowest BCUT2D eigenvalue weighted by Gasteiger charge is -2.31. The number of carbonyl (C=O) groups excluding carboxylic acids is 1. The van der Waals surface area contributed by atoms with Crippen LogP contribution in [-0.2, 0) is 11.8 Å². The fourth-order valence-electron chi connectivity index (χ4n) is 4.40. The third kappa shape index (κ3) is 8.50. The molecular weight excluding hydrogens is 581 g/mol. The molecule has 4 heterocycles. The van der Waals surface area contributed by atoms with Crippen LogP contribution in [0.25, 0.3) is 11.4 Å². The number of ether oxygens (including phenoxy) is 1. The van der Waals surface area contributed by atoms with Crippen LogP contribution in [0.4, 0.5) is 35.3 Å². The summed E-state index contributed by atoms with van der Waals surface area (Å²) in [5, 5.41) is 17.4. The molecule has 4 N–H and O–H groups in total. The maximum atomic E-state index is 13.8. The number of carbonyl (C=O) groups is 1. The molecule has 236 valence electrons. The van der Waals surface area contributed by atoms with Crippen LogP contribution in [0.15, 0.2) is 35.5 Å². The average Bonchev–Trinajstić information content (AvgIpc) is 3.29. The van der Waals surface area contributed by atoms with Gasteiger partial charge in [-0.2, -0.15) is 13.2 Å². The van der Waals surface area contributed by atoms with Crippen LogP contribution in [0.3, 0.4) is 0 Å². The number of hydrogen-bond donors (Lipinski definition) is 4. The standard InChI is InChI=1S/C29H35F3N8O4/c1-28(2,3)44-27(43)40-12-8-18(9-13-40)5-6-19-16-34-24(15-21(19)36-22(10-14-41)29(30,31)32)37-23-7-11-33-25(38-23)20-17-35-39(4)26(20)42/h7,11,15-18,22,35,41H,8-10,12-14H2,1-4H3,(H2,33,34,36,37,38). The number of aromatic amines is 1. The van der Waals surface area contributed by atoms with E-state index in [4.69, 9.17) is 4.74 Å². The number of aliphatic hydroxyl groups is 1. The average molecular weight is 617 g/mol. The summed E-state index contributed by atoms with van der Waals surface area (Å²) in [5.74, 6) is 6.57. The zero-order chi connectivity index (χ0) is 32.1. The quantitative estimate of drug-likeness (QED) is 0.289. The number of halogens is 3. The number of nitrogens with zero attached hydrogens (tertiary/aromatic N) is 5. The second-order valence-electron chi connectivity index (χ2n) is 11.3. The highest BCUT2D eigenvalue weighted by atomic mass is 19.4. The third-order valence-electron chi connectivity index (χ3n) is 6.69. The molecule has 0 spiro atoms. The fraction of sp³-hybridized carbons (Fsp3) is 0.483. The molecule has 0 aromatic carbocycles. The lowest BCUT2D eigenvalue weighted by Crippen LogP contribution is -2.41. The first-order valence-corrected chi connectivity index (χ1v) is 14.0. The van der Waals surface area contributed by atoms with Gasteiger partial charge in [0.1, 0.15) is 28.8 Å². The Hall–Kier alpha value is -4.58. The van der Waals surface area contributed by atoms with Gasteiger partial charge in [0, 0.05) is 57.3 Å². The molecular formula is C29H35F3N8O4. The van der Waals surface area contributed by atoms with Crippen LogP contribution in [0.2, 0.25) is 0 Å². The monoisotopic (exact) mass is 616 g/mol. The second kappa shape index (κ2) is 13.4. The molecule has 0 bridgehead atoms. The summed E-state index contributed by atoms with van der Waals surface area (Å²) in [6.45, 7) is 5.61. The summed E-state index contributed by atoms with van der Waals surface area (Å²) >= 11 is 0. The summed E-state index contributed by atoms with van der Waals surface area (Å²) in [7, 11) is 1.55. The van der Waals surface area contributed by atoms with E-state index in [1.54, 1.807) is 32.7 Å². The van der Waals surface area contributed by atoms with Crippen molar-refractivity contribution in [1.82, 2.24) is 29.6 Å². The number of aliphatic hydroxyl groups excluding tert-OH is 1. The van der Waals surface area contributed by atoms with E-state index in [9.17, 15) is 27.9 Å². The smallest absolute Gasteiger partial charge is 0.410 e. The van der Waals surface area contributed by atoms with Gasteiger partial charge in [-0.05, 0) is 46.1 Å². The highest BCUT2D eigenvalue weighted by molar-refractivity contribution is 5.68. The van der Waals surface area contributed by atoms with Crippen LogP contribution in [0.1, 0.15) is 45.6 Å². The largest absolute Gasteiger partial charge is 0.444 e. The van der Waals surface area contributed by atoms with E-state index in [1.807, 2.05) is 0 Å². The molecule has 1 saturated heterocycles. The number of amides is 1. The van der Waals surface area contributed by atoms with Gasteiger partial charge in [0.25, 0.3) is 5.56 Å². The van der Waals surface area contributed by atoms with Gasteiger partial charge < -0.3 is 30.5 Å². The lowest BCUT2D eigenvalue weighted by atomic mass is 9.97. The van der Waals surface area contributed by atoms with E-state index in [0.717, 1.165) is 0 Å². The number of piperidine rings is 1. The Kier molecular flexibility index (Phi) is 9.83. The number of aromatic nitrogens is 5. The Balaban J connectivity index is 1.56. The van der Waals surface area contributed by atoms with Gasteiger partial charge in [-0.1, -0.05) is 11.8 Å². The molecule has 1 fully saturated rings. The minimum Gasteiger partial charge on any atom is -0.444 e. The molecule has 4 rings (SSSR count). The molecule has 1 aliphatic heterocycles. The molecule has 0 radical (unpaired) electrons. The zero-order valence-electron chi connectivity index (χ0n) is 24.8. The molecule has 3 aromatic rings. The van der Waals surface area contributed by atoms with Gasteiger partial charge >= 0.3 is 12.3 Å². The van der Waals surface area contributed by atoms with E-state index in [0.29, 0.717) is 25.9 Å². The minimum atomic E-state index is -4.64. The number of rotatable bonds is 7. The predicted molar refractivity (Wildman–Crippen MR) is 157 cm³/mol. The van der Waals surface area contributed by atoms with Crippen molar-refractivity contribution in [2.24, 2.45) is 13.0 Å². The molecule has 3 aromatic heterocycles. The molecule has 0 saturated carbocycles. The van der Waals surface area contributed by atoms with E-state index in [1.165, 1.54) is 35.4 Å². The second-order valence-corrected chi connectivity index (χ2v) is 11.3. The van der Waals surface area contributed by atoms with E-state index >= 15 is 0 Å². The Morgan fingerprint density at radius 1 is 1.23 bits per heavy atom. The maximum absolute atomic E-state index is 13.8. The van der Waals surface area contributed by atoms with Crippen molar-refractivity contribution in [2.45, 2.75) is 57.9 Å². The van der Waals surface area contributed by atoms with Crippen molar-refractivity contribution in [3.63, 3.8) is 0 Å². The van der Waals surface area contributed by atoms with Gasteiger partial charge in [0.15, 0.2) is 5.82 Å². The number of nitrogens with one attached hydrogen (secondary N) is 3.